The first-order chi connectivity index (χ1) is 17.7. The number of H-pyrrole nitrogens is 2. The van der Waals surface area contributed by atoms with Crippen molar-refractivity contribution in [1.29, 1.82) is 0 Å². The number of aromatic nitrogens is 4. The van der Waals surface area contributed by atoms with Crippen molar-refractivity contribution < 1.29 is 4.79 Å². The van der Waals surface area contributed by atoms with Gasteiger partial charge >= 0.3 is 0 Å². The zero-order chi connectivity index (χ0) is 24.3. The highest BCUT2D eigenvalue weighted by Gasteiger charge is 2.45. The van der Waals surface area contributed by atoms with Crippen LogP contribution < -0.4 is 0 Å². The highest BCUT2D eigenvalue weighted by molar-refractivity contribution is 5.94. The monoisotopic (exact) mass is 487 g/mol. The minimum absolute atomic E-state index is 0.0198. The normalized spacial score (nSPS) is 23.2. The molecule has 2 atom stereocenters. The van der Waals surface area contributed by atoms with E-state index in [1.807, 2.05) is 12.1 Å². The number of benzene rings is 1. The molecule has 1 aromatic carbocycles. The van der Waals surface area contributed by atoms with Crippen LogP contribution in [0, 0.1) is 0 Å². The predicted octanol–water partition coefficient (Wildman–Crippen LogP) is 3.96. The van der Waals surface area contributed by atoms with Crippen molar-refractivity contribution >= 4 is 5.91 Å². The SMILES string of the molecule is O=C(c1ccc(CN2CC3CC2CN3C2CCCCCC2)cc1)N(Cc1ncc[nH]1)Cc1ncc[nH]1. The number of piperazine rings is 1. The van der Waals surface area contributed by atoms with E-state index in [1.165, 1.54) is 63.6 Å². The molecule has 3 fully saturated rings. The second-order valence-electron chi connectivity index (χ2n) is 10.7. The highest BCUT2D eigenvalue weighted by Crippen LogP contribution is 2.36. The largest absolute Gasteiger partial charge is 0.347 e. The Morgan fingerprint density at radius 2 is 1.53 bits per heavy atom. The molecule has 2 unspecified atom stereocenters. The summed E-state index contributed by atoms with van der Waals surface area (Å²) in [6.45, 7) is 4.20. The van der Waals surface area contributed by atoms with E-state index in [-0.39, 0.29) is 5.91 Å². The van der Waals surface area contributed by atoms with Crippen LogP contribution in [0.5, 0.6) is 0 Å². The van der Waals surface area contributed by atoms with Crippen LogP contribution in [0.25, 0.3) is 0 Å². The van der Waals surface area contributed by atoms with E-state index in [0.29, 0.717) is 24.7 Å². The van der Waals surface area contributed by atoms with Gasteiger partial charge in [-0.1, -0.05) is 37.8 Å². The number of nitrogens with one attached hydrogen (secondary N) is 2. The molecule has 6 rings (SSSR count). The maximum absolute atomic E-state index is 13.4. The van der Waals surface area contributed by atoms with Crippen LogP contribution in [0.3, 0.4) is 0 Å². The van der Waals surface area contributed by atoms with Crippen molar-refractivity contribution in [3.05, 3.63) is 71.8 Å². The number of fused-ring (bicyclic) bond motifs is 2. The maximum Gasteiger partial charge on any atom is 0.254 e. The van der Waals surface area contributed by atoms with Crippen molar-refractivity contribution in [2.24, 2.45) is 0 Å². The van der Waals surface area contributed by atoms with Crippen molar-refractivity contribution in [2.75, 3.05) is 13.1 Å². The zero-order valence-corrected chi connectivity index (χ0v) is 21.0. The summed E-state index contributed by atoms with van der Waals surface area (Å²) < 4.78 is 0. The van der Waals surface area contributed by atoms with Gasteiger partial charge in [0.15, 0.2) is 0 Å². The number of amides is 1. The fraction of sp³-hybridized carbons (Fsp3) is 0.536. The number of likely N-dealkylation sites (tertiary alicyclic amines) is 2. The van der Waals surface area contributed by atoms with Gasteiger partial charge in [-0.25, -0.2) is 9.97 Å². The first-order valence-electron chi connectivity index (χ1n) is 13.6. The molecular formula is C28H37N7O. The van der Waals surface area contributed by atoms with Crippen LogP contribution in [0.15, 0.2) is 49.1 Å². The molecule has 2 aliphatic heterocycles. The molecule has 0 spiro atoms. The Kier molecular flexibility index (Phi) is 6.88. The Balaban J connectivity index is 1.07. The van der Waals surface area contributed by atoms with E-state index in [4.69, 9.17) is 0 Å². The number of rotatable bonds is 8. The van der Waals surface area contributed by atoms with E-state index < -0.39 is 0 Å². The summed E-state index contributed by atoms with van der Waals surface area (Å²) in [6.07, 6.45) is 16.8. The minimum atomic E-state index is -0.0198. The van der Waals surface area contributed by atoms with Gasteiger partial charge in [-0.05, 0) is 37.0 Å². The van der Waals surface area contributed by atoms with E-state index in [0.717, 1.165) is 30.3 Å². The van der Waals surface area contributed by atoms with Gasteiger partial charge in [0, 0.05) is 68.1 Å². The molecule has 2 bridgehead atoms. The van der Waals surface area contributed by atoms with Gasteiger partial charge in [0.2, 0.25) is 0 Å². The standard InChI is InChI=1S/C28H37N7O/c36-28(34(19-26-29-11-12-30-26)20-27-31-13-14-32-27)22-9-7-21(8-10-22)16-33-17-25-15-24(33)18-35(25)23-5-3-1-2-4-6-23/h7-14,23-25H,1-6,15-20H2,(H,29,30)(H,31,32). The molecule has 3 aromatic rings. The van der Waals surface area contributed by atoms with Crippen molar-refractivity contribution in [3.63, 3.8) is 0 Å². The van der Waals surface area contributed by atoms with E-state index in [1.54, 1.807) is 29.7 Å². The number of hydrogen-bond acceptors (Lipinski definition) is 5. The molecule has 2 N–H and O–H groups in total. The van der Waals surface area contributed by atoms with Gasteiger partial charge < -0.3 is 14.9 Å². The number of carbonyl (C=O) groups excluding carboxylic acids is 1. The molecule has 2 saturated heterocycles. The first kappa shape index (κ1) is 23.4. The number of nitrogens with zero attached hydrogens (tertiary/aromatic N) is 5. The molecule has 8 heteroatoms. The highest BCUT2D eigenvalue weighted by atomic mass is 16.2. The van der Waals surface area contributed by atoms with Crippen LogP contribution in [0.2, 0.25) is 0 Å². The third-order valence-corrected chi connectivity index (χ3v) is 8.35. The third-order valence-electron chi connectivity index (χ3n) is 8.35. The van der Waals surface area contributed by atoms with Crippen LogP contribution in [-0.4, -0.2) is 71.8 Å². The van der Waals surface area contributed by atoms with Crippen molar-refractivity contribution in [3.8, 4) is 0 Å². The van der Waals surface area contributed by atoms with Crippen molar-refractivity contribution in [2.45, 2.75) is 82.7 Å². The van der Waals surface area contributed by atoms with Crippen LogP contribution in [0.4, 0.5) is 0 Å². The van der Waals surface area contributed by atoms with Crippen LogP contribution >= 0.6 is 0 Å². The average molecular weight is 488 g/mol. The molecule has 190 valence electrons. The summed E-state index contributed by atoms with van der Waals surface area (Å²) >= 11 is 0. The lowest BCUT2D eigenvalue weighted by Crippen LogP contribution is -2.49. The van der Waals surface area contributed by atoms with Gasteiger partial charge in [0.05, 0.1) is 13.1 Å². The Labute approximate surface area is 213 Å². The second-order valence-corrected chi connectivity index (χ2v) is 10.7. The molecule has 8 nitrogen and oxygen atoms in total. The van der Waals surface area contributed by atoms with Crippen LogP contribution in [0.1, 0.15) is 72.5 Å². The molecular weight excluding hydrogens is 450 g/mol. The topological polar surface area (TPSA) is 84.2 Å². The molecule has 3 aliphatic rings. The number of aromatic amines is 2. The Morgan fingerprint density at radius 3 is 2.08 bits per heavy atom. The molecule has 1 amide bonds. The Hall–Kier alpha value is -2.97. The molecule has 2 aromatic heterocycles. The second kappa shape index (κ2) is 10.6. The number of carbonyl (C=O) groups is 1. The van der Waals surface area contributed by atoms with Gasteiger partial charge in [0.1, 0.15) is 11.6 Å². The first-order valence-corrected chi connectivity index (χ1v) is 13.6. The van der Waals surface area contributed by atoms with Gasteiger partial charge in [-0.2, -0.15) is 0 Å². The van der Waals surface area contributed by atoms with E-state index >= 15 is 0 Å². The minimum Gasteiger partial charge on any atom is -0.347 e. The quantitative estimate of drug-likeness (QED) is 0.470. The summed E-state index contributed by atoms with van der Waals surface area (Å²) in [4.78, 5) is 35.5. The van der Waals surface area contributed by atoms with Crippen molar-refractivity contribution in [1.82, 2.24) is 34.6 Å². The molecule has 1 saturated carbocycles. The zero-order valence-electron chi connectivity index (χ0n) is 21.0. The lowest BCUT2D eigenvalue weighted by atomic mass is 10.1. The molecule has 4 heterocycles. The van der Waals surface area contributed by atoms with Crippen LogP contribution in [-0.2, 0) is 19.6 Å². The summed E-state index contributed by atoms with van der Waals surface area (Å²) in [5.74, 6) is 1.50. The number of imidazole rings is 2. The summed E-state index contributed by atoms with van der Waals surface area (Å²) in [5, 5.41) is 0. The van der Waals surface area contributed by atoms with Gasteiger partial charge in [0.25, 0.3) is 5.91 Å². The van der Waals surface area contributed by atoms with Gasteiger partial charge in [-0.3, -0.25) is 14.6 Å². The molecule has 1 aliphatic carbocycles. The molecule has 36 heavy (non-hydrogen) atoms. The smallest absolute Gasteiger partial charge is 0.254 e. The number of hydrogen-bond donors (Lipinski definition) is 2. The predicted molar refractivity (Wildman–Crippen MR) is 138 cm³/mol. The third kappa shape index (κ3) is 5.11. The molecule has 0 radical (unpaired) electrons. The lowest BCUT2D eigenvalue weighted by molar-refractivity contribution is 0.0721. The maximum atomic E-state index is 13.4. The Morgan fingerprint density at radius 1 is 0.861 bits per heavy atom. The van der Waals surface area contributed by atoms with E-state index in [2.05, 4.69) is 41.9 Å². The summed E-state index contributed by atoms with van der Waals surface area (Å²) in [6, 6.07) is 10.4. The average Bonchev–Trinajstić information content (AvgIpc) is 3.70. The summed E-state index contributed by atoms with van der Waals surface area (Å²) in [5.41, 5.74) is 1.98. The lowest BCUT2D eigenvalue weighted by Gasteiger charge is -2.39. The fourth-order valence-electron chi connectivity index (χ4n) is 6.51. The summed E-state index contributed by atoms with van der Waals surface area (Å²) in [7, 11) is 0. The Bertz CT molecular complexity index is 1070. The van der Waals surface area contributed by atoms with Gasteiger partial charge in [-0.15, -0.1) is 0 Å². The van der Waals surface area contributed by atoms with E-state index in [9.17, 15) is 4.79 Å². The fourth-order valence-corrected chi connectivity index (χ4v) is 6.51.